The average molecular weight is 264 g/mol. The Hall–Kier alpha value is -1.24. The molecule has 3 rings (SSSR count). The highest BCUT2D eigenvalue weighted by molar-refractivity contribution is 7.08. The van der Waals surface area contributed by atoms with Gasteiger partial charge in [0, 0.05) is 36.6 Å². The molecule has 5 nitrogen and oxygen atoms in total. The molecule has 0 spiro atoms. The Bertz CT molecular complexity index is 496. The Morgan fingerprint density at radius 3 is 3.33 bits per heavy atom. The molecular formula is C12H16N4OS. The van der Waals surface area contributed by atoms with Crippen LogP contribution in [0.1, 0.15) is 12.8 Å². The number of hydrogen-bond donors (Lipinski definition) is 1. The van der Waals surface area contributed by atoms with Gasteiger partial charge >= 0.3 is 0 Å². The van der Waals surface area contributed by atoms with Gasteiger partial charge in [0.05, 0.1) is 6.54 Å². The van der Waals surface area contributed by atoms with E-state index >= 15 is 0 Å². The minimum atomic E-state index is 0.509. The normalized spacial score (nSPS) is 21.3. The van der Waals surface area contributed by atoms with E-state index in [0.717, 1.165) is 31.7 Å². The van der Waals surface area contributed by atoms with Crippen LogP contribution in [0.4, 0.5) is 0 Å². The summed E-state index contributed by atoms with van der Waals surface area (Å²) >= 11 is 1.64. The van der Waals surface area contributed by atoms with Crippen LogP contribution in [0.15, 0.2) is 21.3 Å². The summed E-state index contributed by atoms with van der Waals surface area (Å²) in [6.45, 7) is 6.01. The predicted octanol–water partition coefficient (Wildman–Crippen LogP) is 1.59. The van der Waals surface area contributed by atoms with Gasteiger partial charge in [-0.05, 0) is 18.4 Å². The Morgan fingerprint density at radius 1 is 1.61 bits per heavy atom. The number of thiophene rings is 1. The van der Waals surface area contributed by atoms with Crippen molar-refractivity contribution in [3.05, 3.63) is 22.7 Å². The molecule has 1 aliphatic heterocycles. The molecule has 1 aliphatic rings. The molecule has 0 amide bonds. The topological polar surface area (TPSA) is 54.2 Å². The van der Waals surface area contributed by atoms with Gasteiger partial charge in [-0.1, -0.05) is 5.16 Å². The molecule has 1 unspecified atom stereocenters. The van der Waals surface area contributed by atoms with Crippen molar-refractivity contribution in [1.29, 1.82) is 0 Å². The Morgan fingerprint density at radius 2 is 2.56 bits per heavy atom. The van der Waals surface area contributed by atoms with E-state index in [9.17, 15) is 0 Å². The Balaban J connectivity index is 1.70. The molecule has 1 atom stereocenters. The summed E-state index contributed by atoms with van der Waals surface area (Å²) in [5, 5.41) is 11.4. The van der Waals surface area contributed by atoms with Crippen LogP contribution in [0.25, 0.3) is 11.4 Å². The summed E-state index contributed by atoms with van der Waals surface area (Å²) in [7, 11) is 0. The average Bonchev–Trinajstić information content (AvgIpc) is 3.02. The van der Waals surface area contributed by atoms with Gasteiger partial charge < -0.3 is 9.84 Å². The van der Waals surface area contributed by atoms with Crippen LogP contribution in [0, 0.1) is 0 Å². The quantitative estimate of drug-likeness (QED) is 0.912. The zero-order chi connectivity index (χ0) is 12.4. The number of piperazine rings is 1. The lowest BCUT2D eigenvalue weighted by atomic mass is 10.2. The fourth-order valence-electron chi connectivity index (χ4n) is 2.12. The second-order valence-corrected chi connectivity index (χ2v) is 5.33. The molecule has 0 radical (unpaired) electrons. The molecule has 0 aromatic carbocycles. The molecule has 1 N–H and O–H groups in total. The highest BCUT2D eigenvalue weighted by Crippen LogP contribution is 2.19. The molecular weight excluding hydrogens is 248 g/mol. The molecule has 3 heterocycles. The van der Waals surface area contributed by atoms with Crippen LogP contribution < -0.4 is 5.32 Å². The van der Waals surface area contributed by atoms with E-state index in [2.05, 4.69) is 27.3 Å². The summed E-state index contributed by atoms with van der Waals surface area (Å²) in [4.78, 5) is 6.81. The highest BCUT2D eigenvalue weighted by atomic mass is 32.1. The number of nitrogens with one attached hydrogen (secondary N) is 1. The smallest absolute Gasteiger partial charge is 0.241 e. The van der Waals surface area contributed by atoms with Gasteiger partial charge in [0.15, 0.2) is 0 Å². The molecule has 6 heteroatoms. The molecule has 18 heavy (non-hydrogen) atoms. The van der Waals surface area contributed by atoms with E-state index in [4.69, 9.17) is 4.52 Å². The van der Waals surface area contributed by atoms with Gasteiger partial charge in [-0.25, -0.2) is 0 Å². The van der Waals surface area contributed by atoms with Crippen molar-refractivity contribution in [2.24, 2.45) is 0 Å². The summed E-state index contributed by atoms with van der Waals surface area (Å²) < 4.78 is 5.32. The number of rotatable bonds is 3. The third-order valence-corrected chi connectivity index (χ3v) is 3.91. The largest absolute Gasteiger partial charge is 0.338 e. The second kappa shape index (κ2) is 5.17. The van der Waals surface area contributed by atoms with Crippen molar-refractivity contribution >= 4 is 11.3 Å². The first-order valence-corrected chi connectivity index (χ1v) is 7.07. The van der Waals surface area contributed by atoms with E-state index in [1.165, 1.54) is 0 Å². The third-order valence-electron chi connectivity index (χ3n) is 3.22. The van der Waals surface area contributed by atoms with Crippen molar-refractivity contribution in [3.8, 4) is 11.4 Å². The van der Waals surface area contributed by atoms with Gasteiger partial charge in [0.1, 0.15) is 0 Å². The van der Waals surface area contributed by atoms with E-state index in [1.54, 1.807) is 11.3 Å². The zero-order valence-electron chi connectivity index (χ0n) is 10.3. The number of nitrogens with zero attached hydrogens (tertiary/aromatic N) is 3. The zero-order valence-corrected chi connectivity index (χ0v) is 11.1. The molecule has 1 saturated heterocycles. The number of hydrogen-bond acceptors (Lipinski definition) is 6. The van der Waals surface area contributed by atoms with E-state index in [0.29, 0.717) is 17.8 Å². The van der Waals surface area contributed by atoms with E-state index < -0.39 is 0 Å². The third kappa shape index (κ3) is 2.45. The molecule has 0 aliphatic carbocycles. The van der Waals surface area contributed by atoms with Crippen LogP contribution in [0.2, 0.25) is 0 Å². The minimum absolute atomic E-state index is 0.509. The van der Waals surface area contributed by atoms with Crippen molar-refractivity contribution in [3.63, 3.8) is 0 Å². The summed E-state index contributed by atoms with van der Waals surface area (Å²) in [5.41, 5.74) is 1.03. The van der Waals surface area contributed by atoms with Gasteiger partial charge in [-0.3, -0.25) is 4.90 Å². The standard InChI is InChI=1S/C12H16N4OS/c1-9-6-13-3-4-16(9)7-11-14-12(15-17-11)10-2-5-18-8-10/h2,5,8-9,13H,3-4,6-7H2,1H3. The first kappa shape index (κ1) is 11.8. The summed E-state index contributed by atoms with van der Waals surface area (Å²) in [6, 6.07) is 2.52. The molecule has 1 fully saturated rings. The molecule has 0 bridgehead atoms. The fourth-order valence-corrected chi connectivity index (χ4v) is 2.75. The van der Waals surface area contributed by atoms with Crippen molar-refractivity contribution in [2.75, 3.05) is 19.6 Å². The Kier molecular flexibility index (Phi) is 3.40. The molecule has 2 aromatic heterocycles. The molecule has 96 valence electrons. The number of aromatic nitrogens is 2. The lowest BCUT2D eigenvalue weighted by molar-refractivity contribution is 0.146. The van der Waals surface area contributed by atoms with Crippen LogP contribution in [0.5, 0.6) is 0 Å². The van der Waals surface area contributed by atoms with E-state index in [-0.39, 0.29) is 0 Å². The van der Waals surface area contributed by atoms with E-state index in [1.807, 2.05) is 16.8 Å². The molecule has 2 aromatic rings. The Labute approximate surface area is 110 Å². The monoisotopic (exact) mass is 264 g/mol. The van der Waals surface area contributed by atoms with Crippen LogP contribution in [0.3, 0.4) is 0 Å². The maximum absolute atomic E-state index is 5.32. The first-order valence-electron chi connectivity index (χ1n) is 6.13. The lowest BCUT2D eigenvalue weighted by Gasteiger charge is -2.32. The van der Waals surface area contributed by atoms with Crippen LogP contribution >= 0.6 is 11.3 Å². The lowest BCUT2D eigenvalue weighted by Crippen LogP contribution is -2.49. The van der Waals surface area contributed by atoms with Crippen LogP contribution in [-0.4, -0.2) is 40.7 Å². The highest BCUT2D eigenvalue weighted by Gasteiger charge is 2.20. The van der Waals surface area contributed by atoms with Gasteiger partial charge in [-0.2, -0.15) is 16.3 Å². The first-order chi connectivity index (χ1) is 8.83. The van der Waals surface area contributed by atoms with Gasteiger partial charge in [0.2, 0.25) is 11.7 Å². The fraction of sp³-hybridized carbons (Fsp3) is 0.500. The maximum Gasteiger partial charge on any atom is 0.241 e. The van der Waals surface area contributed by atoms with Crippen molar-refractivity contribution in [1.82, 2.24) is 20.4 Å². The second-order valence-electron chi connectivity index (χ2n) is 4.55. The summed E-state index contributed by atoms with van der Waals surface area (Å²) in [5.74, 6) is 1.39. The minimum Gasteiger partial charge on any atom is -0.338 e. The molecule has 0 saturated carbocycles. The predicted molar refractivity (Wildman–Crippen MR) is 70.4 cm³/mol. The van der Waals surface area contributed by atoms with Crippen LogP contribution in [-0.2, 0) is 6.54 Å². The van der Waals surface area contributed by atoms with Gasteiger partial charge in [-0.15, -0.1) is 0 Å². The van der Waals surface area contributed by atoms with Crippen molar-refractivity contribution in [2.45, 2.75) is 19.5 Å². The maximum atomic E-state index is 5.32. The summed E-state index contributed by atoms with van der Waals surface area (Å²) in [6.07, 6.45) is 0. The van der Waals surface area contributed by atoms with Gasteiger partial charge in [0.25, 0.3) is 0 Å². The van der Waals surface area contributed by atoms with Crippen molar-refractivity contribution < 1.29 is 4.52 Å². The SMILES string of the molecule is CC1CNCCN1Cc1nc(-c2ccsc2)no1.